The number of hydrogen-bond donors (Lipinski definition) is 2. The number of fused-ring (bicyclic) bond motifs is 1. The molecule has 0 unspecified atom stereocenters. The van der Waals surface area contributed by atoms with Gasteiger partial charge in [0.05, 0.1) is 11.5 Å². The summed E-state index contributed by atoms with van der Waals surface area (Å²) in [6.45, 7) is -0.104. The second-order valence-corrected chi connectivity index (χ2v) is 4.63. The minimum atomic E-state index is -0.104. The highest BCUT2D eigenvalue weighted by Crippen LogP contribution is 2.39. The average molecular weight is 273 g/mol. The van der Waals surface area contributed by atoms with Crippen molar-refractivity contribution in [2.24, 2.45) is 0 Å². The van der Waals surface area contributed by atoms with Crippen LogP contribution in [0, 0.1) is 0 Å². The van der Waals surface area contributed by atoms with E-state index in [9.17, 15) is 5.11 Å². The van der Waals surface area contributed by atoms with Crippen LogP contribution < -0.4 is 0 Å². The Morgan fingerprint density at radius 2 is 2.14 bits per heavy atom. The smallest absolute Gasteiger partial charge is 0.139 e. The molecule has 0 atom stereocenters. The number of halogens is 1. The topological polar surface area (TPSA) is 40.5 Å². The molecule has 0 aliphatic carbocycles. The van der Waals surface area contributed by atoms with Crippen molar-refractivity contribution in [1.82, 2.24) is 0 Å². The van der Waals surface area contributed by atoms with Crippen LogP contribution in [0.2, 0.25) is 0 Å². The third-order valence-corrected chi connectivity index (χ3v) is 3.99. The van der Waals surface area contributed by atoms with Crippen LogP contribution in [0.1, 0.15) is 10.4 Å². The van der Waals surface area contributed by atoms with Crippen LogP contribution in [0.25, 0.3) is 10.1 Å². The first-order valence-electron chi connectivity index (χ1n) is 4.17. The molecular formula is C10H9BrO2S. The van der Waals surface area contributed by atoms with Crippen molar-refractivity contribution >= 4 is 37.4 Å². The Morgan fingerprint density at radius 3 is 2.79 bits per heavy atom. The van der Waals surface area contributed by atoms with E-state index in [1.807, 2.05) is 18.2 Å². The van der Waals surface area contributed by atoms with Crippen LogP contribution in [0.5, 0.6) is 5.75 Å². The average Bonchev–Trinajstić information content (AvgIpc) is 2.55. The van der Waals surface area contributed by atoms with Gasteiger partial charge < -0.3 is 10.2 Å². The summed E-state index contributed by atoms with van der Waals surface area (Å²) in [6.07, 6.45) is 0. The molecule has 0 saturated carbocycles. The Labute approximate surface area is 93.9 Å². The second kappa shape index (κ2) is 3.88. The Hall–Kier alpha value is -0.580. The number of benzene rings is 1. The zero-order chi connectivity index (χ0) is 10.1. The molecule has 4 heteroatoms. The summed E-state index contributed by atoms with van der Waals surface area (Å²) in [5, 5.41) is 20.4. The summed E-state index contributed by atoms with van der Waals surface area (Å²) in [7, 11) is 0. The molecule has 0 saturated heterocycles. The van der Waals surface area contributed by atoms with E-state index in [2.05, 4.69) is 15.9 Å². The molecule has 0 amide bonds. The molecule has 2 N–H and O–H groups in total. The van der Waals surface area contributed by atoms with Gasteiger partial charge in [0.2, 0.25) is 0 Å². The predicted molar refractivity (Wildman–Crippen MR) is 62.0 cm³/mol. The van der Waals surface area contributed by atoms with Crippen LogP contribution in [-0.2, 0) is 11.9 Å². The lowest BCUT2D eigenvalue weighted by Crippen LogP contribution is -1.75. The van der Waals surface area contributed by atoms with E-state index in [0.717, 1.165) is 21.0 Å². The maximum atomic E-state index is 9.74. The minimum absolute atomic E-state index is 0.104. The molecule has 0 fully saturated rings. The number of thiophene rings is 1. The first-order valence-corrected chi connectivity index (χ1v) is 6.10. The Bertz CT molecular complexity index is 464. The summed E-state index contributed by atoms with van der Waals surface area (Å²) in [4.78, 5) is 0.633. The fraction of sp³-hybridized carbons (Fsp3) is 0.200. The summed E-state index contributed by atoms with van der Waals surface area (Å²) >= 11 is 4.84. The van der Waals surface area contributed by atoms with Crippen molar-refractivity contribution in [3.05, 3.63) is 28.6 Å². The van der Waals surface area contributed by atoms with E-state index in [1.165, 1.54) is 11.3 Å². The quantitative estimate of drug-likeness (QED) is 0.826. The number of aliphatic hydroxyl groups excluding tert-OH is 1. The molecule has 1 heterocycles. The monoisotopic (exact) mass is 272 g/mol. The summed E-state index contributed by atoms with van der Waals surface area (Å²) in [6, 6.07) is 5.78. The molecule has 0 bridgehead atoms. The zero-order valence-corrected chi connectivity index (χ0v) is 9.73. The molecule has 0 radical (unpaired) electrons. The van der Waals surface area contributed by atoms with Gasteiger partial charge in [-0.1, -0.05) is 28.1 Å². The molecule has 0 aliphatic rings. The Balaban J connectivity index is 2.77. The zero-order valence-electron chi connectivity index (χ0n) is 7.33. The molecule has 1 aromatic carbocycles. The van der Waals surface area contributed by atoms with Crippen LogP contribution in [0.4, 0.5) is 0 Å². The fourth-order valence-corrected chi connectivity index (χ4v) is 3.14. The van der Waals surface area contributed by atoms with Gasteiger partial charge in [0.15, 0.2) is 0 Å². The molecular weight excluding hydrogens is 264 g/mol. The lowest BCUT2D eigenvalue weighted by Gasteiger charge is -1.96. The van der Waals surface area contributed by atoms with Gasteiger partial charge in [0.25, 0.3) is 0 Å². The summed E-state index contributed by atoms with van der Waals surface area (Å²) in [5.74, 6) is 0.218. The number of aliphatic hydroxyl groups is 1. The third kappa shape index (κ3) is 1.43. The van der Waals surface area contributed by atoms with Gasteiger partial charge in [-0.15, -0.1) is 11.3 Å². The van der Waals surface area contributed by atoms with Crippen molar-refractivity contribution < 1.29 is 10.2 Å². The number of alkyl halides is 1. The molecule has 0 spiro atoms. The van der Waals surface area contributed by atoms with Gasteiger partial charge in [-0.3, -0.25) is 0 Å². The molecule has 2 nitrogen and oxygen atoms in total. The number of hydrogen-bond acceptors (Lipinski definition) is 3. The van der Waals surface area contributed by atoms with Gasteiger partial charge in [-0.2, -0.15) is 0 Å². The summed E-state index contributed by atoms with van der Waals surface area (Å²) in [5.41, 5.74) is 1.14. The molecule has 2 aromatic rings. The van der Waals surface area contributed by atoms with Crippen LogP contribution in [-0.4, -0.2) is 10.2 Å². The largest absolute Gasteiger partial charge is 0.506 e. The Kier molecular flexibility index (Phi) is 2.76. The van der Waals surface area contributed by atoms with Crippen molar-refractivity contribution in [3.63, 3.8) is 0 Å². The van der Waals surface area contributed by atoms with Gasteiger partial charge >= 0.3 is 0 Å². The predicted octanol–water partition coefficient (Wildman–Crippen LogP) is 2.99. The van der Waals surface area contributed by atoms with Crippen molar-refractivity contribution in [2.45, 2.75) is 11.9 Å². The van der Waals surface area contributed by atoms with E-state index < -0.39 is 0 Å². The SMILES string of the molecule is OCc1sc2c(CBr)cccc2c1O. The van der Waals surface area contributed by atoms with Crippen LogP contribution in [0.3, 0.4) is 0 Å². The first kappa shape index (κ1) is 9.96. The van der Waals surface area contributed by atoms with E-state index in [-0.39, 0.29) is 12.4 Å². The lowest BCUT2D eigenvalue weighted by molar-refractivity contribution is 0.280. The minimum Gasteiger partial charge on any atom is -0.506 e. The Morgan fingerprint density at radius 1 is 1.36 bits per heavy atom. The highest BCUT2D eigenvalue weighted by molar-refractivity contribution is 9.08. The lowest BCUT2D eigenvalue weighted by atomic mass is 10.2. The fourth-order valence-electron chi connectivity index (χ4n) is 1.43. The number of aromatic hydroxyl groups is 1. The molecule has 1 aromatic heterocycles. The maximum absolute atomic E-state index is 9.74. The van der Waals surface area contributed by atoms with Crippen molar-refractivity contribution in [2.75, 3.05) is 0 Å². The highest BCUT2D eigenvalue weighted by atomic mass is 79.9. The molecule has 74 valence electrons. The van der Waals surface area contributed by atoms with E-state index in [0.29, 0.717) is 4.88 Å². The molecule has 14 heavy (non-hydrogen) atoms. The molecule has 0 aliphatic heterocycles. The normalized spacial score (nSPS) is 11.0. The van der Waals surface area contributed by atoms with Gasteiger partial charge in [-0.25, -0.2) is 0 Å². The van der Waals surface area contributed by atoms with E-state index in [4.69, 9.17) is 5.11 Å². The standard InChI is InChI=1S/C10H9BrO2S/c11-4-6-2-1-3-7-9(13)8(5-12)14-10(6)7/h1-3,12-13H,4-5H2. The van der Waals surface area contributed by atoms with Gasteiger partial charge in [0, 0.05) is 15.4 Å². The van der Waals surface area contributed by atoms with Crippen molar-refractivity contribution in [3.8, 4) is 5.75 Å². The van der Waals surface area contributed by atoms with Gasteiger partial charge in [-0.05, 0) is 11.6 Å². The molecule has 2 rings (SSSR count). The second-order valence-electron chi connectivity index (χ2n) is 2.96. The highest BCUT2D eigenvalue weighted by Gasteiger charge is 2.11. The van der Waals surface area contributed by atoms with E-state index in [1.54, 1.807) is 0 Å². The van der Waals surface area contributed by atoms with Crippen LogP contribution >= 0.6 is 27.3 Å². The van der Waals surface area contributed by atoms with Crippen LogP contribution in [0.15, 0.2) is 18.2 Å². The first-order chi connectivity index (χ1) is 6.77. The van der Waals surface area contributed by atoms with E-state index >= 15 is 0 Å². The van der Waals surface area contributed by atoms with Crippen molar-refractivity contribution in [1.29, 1.82) is 0 Å². The summed E-state index contributed by atoms with van der Waals surface area (Å²) < 4.78 is 1.05. The third-order valence-electron chi connectivity index (χ3n) is 2.13. The maximum Gasteiger partial charge on any atom is 0.139 e. The van der Waals surface area contributed by atoms with Gasteiger partial charge in [0.1, 0.15) is 5.75 Å². The number of rotatable bonds is 2.